The summed E-state index contributed by atoms with van der Waals surface area (Å²) in [5, 5.41) is 6.94. The van der Waals surface area contributed by atoms with Crippen LogP contribution in [0.5, 0.6) is 0 Å². The molecule has 0 bridgehead atoms. The van der Waals surface area contributed by atoms with E-state index in [1.165, 1.54) is 17.0 Å². The lowest BCUT2D eigenvalue weighted by Crippen LogP contribution is -2.46. The lowest BCUT2D eigenvalue weighted by Gasteiger charge is -2.33. The molecule has 1 aromatic carbocycles. The molecule has 3 heterocycles. The molecule has 2 atom stereocenters. The van der Waals surface area contributed by atoms with Gasteiger partial charge in [-0.1, -0.05) is 17.7 Å². The van der Waals surface area contributed by atoms with E-state index in [4.69, 9.17) is 11.6 Å². The number of benzene rings is 1. The molecule has 3 aromatic rings. The van der Waals surface area contributed by atoms with Crippen LogP contribution in [0.4, 0.5) is 14.6 Å². The second-order valence-electron chi connectivity index (χ2n) is 6.33. The second-order valence-corrected chi connectivity index (χ2v) is 6.74. The van der Waals surface area contributed by atoms with Gasteiger partial charge in [-0.2, -0.15) is 5.10 Å². The van der Waals surface area contributed by atoms with Crippen molar-refractivity contribution in [1.82, 2.24) is 15.2 Å². The third-order valence-electron chi connectivity index (χ3n) is 4.72. The highest BCUT2D eigenvalue weighted by Gasteiger charge is 2.39. The Morgan fingerprint density at radius 2 is 1.96 bits per heavy atom. The van der Waals surface area contributed by atoms with E-state index in [9.17, 15) is 13.6 Å². The van der Waals surface area contributed by atoms with Crippen molar-refractivity contribution in [3.05, 3.63) is 65.2 Å². The summed E-state index contributed by atoms with van der Waals surface area (Å²) in [5.41, 5.74) is 1.90. The Kier molecular flexibility index (Phi) is 4.61. The van der Waals surface area contributed by atoms with Gasteiger partial charge in [-0.05, 0) is 36.2 Å². The van der Waals surface area contributed by atoms with Crippen molar-refractivity contribution in [2.24, 2.45) is 0 Å². The number of alkyl halides is 1. The van der Waals surface area contributed by atoms with Gasteiger partial charge in [0.05, 0.1) is 10.7 Å². The zero-order valence-electron chi connectivity index (χ0n) is 14.1. The SMILES string of the molecule is O=C1[C@@H](F)[C@H](c2ccc(Cl)c(F)c2)CCN1c1cc(-c2ccncc2)n[nH]1. The summed E-state index contributed by atoms with van der Waals surface area (Å²) in [6.45, 7) is 0.298. The van der Waals surface area contributed by atoms with Crippen LogP contribution in [0.2, 0.25) is 5.02 Å². The summed E-state index contributed by atoms with van der Waals surface area (Å²) in [5.74, 6) is -1.57. The molecule has 0 saturated carbocycles. The molecule has 8 heteroatoms. The topological polar surface area (TPSA) is 61.9 Å². The minimum atomic E-state index is -1.77. The number of carbonyl (C=O) groups excluding carboxylic acids is 1. The molecule has 1 amide bonds. The smallest absolute Gasteiger partial charge is 0.263 e. The number of hydrogen-bond acceptors (Lipinski definition) is 3. The molecule has 1 aliphatic heterocycles. The van der Waals surface area contributed by atoms with E-state index in [-0.39, 0.29) is 5.02 Å². The minimum Gasteiger partial charge on any atom is -0.295 e. The molecule has 1 fully saturated rings. The summed E-state index contributed by atoms with van der Waals surface area (Å²) in [6.07, 6.45) is 1.87. The van der Waals surface area contributed by atoms with E-state index in [0.717, 1.165) is 5.56 Å². The molecule has 4 rings (SSSR count). The van der Waals surface area contributed by atoms with Crippen LogP contribution in [0.15, 0.2) is 48.8 Å². The van der Waals surface area contributed by atoms with Gasteiger partial charge in [-0.15, -0.1) is 0 Å². The Morgan fingerprint density at radius 1 is 1.19 bits per heavy atom. The second kappa shape index (κ2) is 7.08. The van der Waals surface area contributed by atoms with E-state index < -0.39 is 23.8 Å². The Labute approximate surface area is 159 Å². The predicted molar refractivity (Wildman–Crippen MR) is 97.8 cm³/mol. The molecule has 2 aromatic heterocycles. The molecule has 1 N–H and O–H groups in total. The van der Waals surface area contributed by atoms with E-state index in [1.807, 2.05) is 0 Å². The first kappa shape index (κ1) is 17.6. The minimum absolute atomic E-state index is 0.0287. The molecule has 138 valence electrons. The fourth-order valence-electron chi connectivity index (χ4n) is 3.28. The normalized spacial score (nSPS) is 20.1. The van der Waals surface area contributed by atoms with Gasteiger partial charge in [0.15, 0.2) is 6.17 Å². The number of carbonyl (C=O) groups is 1. The number of nitrogens with one attached hydrogen (secondary N) is 1. The fourth-order valence-corrected chi connectivity index (χ4v) is 3.40. The van der Waals surface area contributed by atoms with Crippen LogP contribution in [0, 0.1) is 5.82 Å². The molecule has 0 radical (unpaired) electrons. The zero-order valence-corrected chi connectivity index (χ0v) is 14.8. The highest BCUT2D eigenvalue weighted by atomic mass is 35.5. The monoisotopic (exact) mass is 388 g/mol. The van der Waals surface area contributed by atoms with Crippen LogP contribution in [0.25, 0.3) is 11.3 Å². The predicted octanol–water partition coefficient (Wildman–Crippen LogP) is 4.12. The number of aromatic nitrogens is 3. The van der Waals surface area contributed by atoms with Crippen LogP contribution in [-0.2, 0) is 4.79 Å². The third kappa shape index (κ3) is 3.30. The Morgan fingerprint density at radius 3 is 2.70 bits per heavy atom. The summed E-state index contributed by atoms with van der Waals surface area (Å²) in [4.78, 5) is 17.9. The van der Waals surface area contributed by atoms with Crippen LogP contribution in [-0.4, -0.2) is 33.8 Å². The largest absolute Gasteiger partial charge is 0.295 e. The third-order valence-corrected chi connectivity index (χ3v) is 5.03. The van der Waals surface area contributed by atoms with Crippen molar-refractivity contribution in [1.29, 1.82) is 0 Å². The molecule has 1 aliphatic rings. The molecule has 0 unspecified atom stereocenters. The average Bonchev–Trinajstić information content (AvgIpc) is 3.17. The van der Waals surface area contributed by atoms with Gasteiger partial charge < -0.3 is 0 Å². The zero-order chi connectivity index (χ0) is 19.0. The number of nitrogens with zero attached hydrogens (tertiary/aromatic N) is 3. The van der Waals surface area contributed by atoms with Gasteiger partial charge in [0.2, 0.25) is 0 Å². The van der Waals surface area contributed by atoms with Crippen molar-refractivity contribution in [2.75, 3.05) is 11.4 Å². The van der Waals surface area contributed by atoms with E-state index in [0.29, 0.717) is 30.0 Å². The molecule has 1 saturated heterocycles. The number of halogens is 3. The number of piperidine rings is 1. The van der Waals surface area contributed by atoms with E-state index in [1.54, 1.807) is 36.7 Å². The quantitative estimate of drug-likeness (QED) is 0.734. The van der Waals surface area contributed by atoms with Crippen molar-refractivity contribution < 1.29 is 13.6 Å². The fraction of sp³-hybridized carbons (Fsp3) is 0.211. The number of aromatic amines is 1. The number of rotatable bonds is 3. The van der Waals surface area contributed by atoms with Crippen LogP contribution in [0.3, 0.4) is 0 Å². The summed E-state index contributed by atoms with van der Waals surface area (Å²) in [6, 6.07) is 9.42. The van der Waals surface area contributed by atoms with Crippen LogP contribution >= 0.6 is 11.6 Å². The number of amides is 1. The van der Waals surface area contributed by atoms with Crippen molar-refractivity contribution in [2.45, 2.75) is 18.5 Å². The summed E-state index contributed by atoms with van der Waals surface area (Å²) < 4.78 is 28.5. The lowest BCUT2D eigenvalue weighted by molar-refractivity contribution is -0.125. The lowest BCUT2D eigenvalue weighted by atomic mass is 9.87. The number of hydrogen-bond donors (Lipinski definition) is 1. The van der Waals surface area contributed by atoms with Crippen LogP contribution < -0.4 is 4.90 Å². The number of anilines is 1. The standard InChI is InChI=1S/C19H15ClF2N4O/c20-14-2-1-12(9-15(14)21)13-5-8-26(19(27)18(13)22)17-10-16(24-25-17)11-3-6-23-7-4-11/h1-4,6-7,9-10,13,18H,5,8H2,(H,24,25)/t13-,18-/m0/s1. The number of H-pyrrole nitrogens is 1. The van der Waals surface area contributed by atoms with Gasteiger partial charge >= 0.3 is 0 Å². The van der Waals surface area contributed by atoms with Gasteiger partial charge in [-0.3, -0.25) is 19.8 Å². The van der Waals surface area contributed by atoms with Gasteiger partial charge in [0, 0.05) is 36.5 Å². The van der Waals surface area contributed by atoms with Crippen molar-refractivity contribution >= 4 is 23.3 Å². The highest BCUT2D eigenvalue weighted by Crippen LogP contribution is 2.35. The Balaban J connectivity index is 1.55. The molecular weight excluding hydrogens is 374 g/mol. The first-order chi connectivity index (χ1) is 13.0. The highest BCUT2D eigenvalue weighted by molar-refractivity contribution is 6.30. The van der Waals surface area contributed by atoms with Crippen LogP contribution in [0.1, 0.15) is 17.9 Å². The van der Waals surface area contributed by atoms with E-state index in [2.05, 4.69) is 15.2 Å². The first-order valence-electron chi connectivity index (χ1n) is 8.41. The molecular formula is C19H15ClF2N4O. The maximum Gasteiger partial charge on any atom is 0.263 e. The maximum atomic E-state index is 14.8. The van der Waals surface area contributed by atoms with Crippen molar-refractivity contribution in [3.63, 3.8) is 0 Å². The summed E-state index contributed by atoms with van der Waals surface area (Å²) >= 11 is 5.68. The molecule has 27 heavy (non-hydrogen) atoms. The van der Waals surface area contributed by atoms with Crippen molar-refractivity contribution in [3.8, 4) is 11.3 Å². The maximum absolute atomic E-state index is 14.8. The van der Waals surface area contributed by atoms with E-state index >= 15 is 0 Å². The molecule has 5 nitrogen and oxygen atoms in total. The molecule has 0 aliphatic carbocycles. The van der Waals surface area contributed by atoms with Gasteiger partial charge in [0.1, 0.15) is 11.6 Å². The summed E-state index contributed by atoms with van der Waals surface area (Å²) in [7, 11) is 0. The Hall–Kier alpha value is -2.80. The first-order valence-corrected chi connectivity index (χ1v) is 8.78. The van der Waals surface area contributed by atoms with Gasteiger partial charge in [0.25, 0.3) is 5.91 Å². The average molecular weight is 389 g/mol. The van der Waals surface area contributed by atoms with Gasteiger partial charge in [-0.25, -0.2) is 8.78 Å². The molecule has 0 spiro atoms. The Bertz CT molecular complexity index is 979. The number of pyridine rings is 1.